The summed E-state index contributed by atoms with van der Waals surface area (Å²) in [7, 11) is -4.28. The summed E-state index contributed by atoms with van der Waals surface area (Å²) in [6, 6.07) is 5.10. The Kier molecular flexibility index (Phi) is 5.35. The minimum atomic E-state index is -5.68. The molecule has 0 aliphatic carbocycles. The van der Waals surface area contributed by atoms with Crippen molar-refractivity contribution < 1.29 is 31.2 Å². The van der Waals surface area contributed by atoms with Gasteiger partial charge >= 0.3 is 5.51 Å². The molecule has 0 radical (unpaired) electrons. The van der Waals surface area contributed by atoms with Gasteiger partial charge in [-0.1, -0.05) is 0 Å². The Morgan fingerprint density at radius 2 is 1.96 bits per heavy atom. The first-order chi connectivity index (χ1) is 12.1. The molecular formula is C14H12F3N3O5S. The molecule has 0 saturated heterocycles. The molecule has 0 unspecified atom stereocenters. The van der Waals surface area contributed by atoms with Crippen molar-refractivity contribution in [1.29, 1.82) is 0 Å². The number of anilines is 1. The number of sulfone groups is 1. The number of halogens is 3. The molecule has 0 aliphatic rings. The lowest BCUT2D eigenvalue weighted by Gasteiger charge is -2.11. The average Bonchev–Trinajstić information content (AvgIpc) is 2.58. The monoisotopic (exact) mass is 391 g/mol. The van der Waals surface area contributed by atoms with E-state index in [0.29, 0.717) is 23.6 Å². The van der Waals surface area contributed by atoms with Gasteiger partial charge in [0.05, 0.1) is 16.9 Å². The highest BCUT2D eigenvalue weighted by Gasteiger charge is 2.47. The highest BCUT2D eigenvalue weighted by Crippen LogP contribution is 2.34. The first-order valence-electron chi connectivity index (χ1n) is 6.89. The predicted molar refractivity (Wildman–Crippen MR) is 84.5 cm³/mol. The highest BCUT2D eigenvalue weighted by atomic mass is 32.2. The average molecular weight is 391 g/mol. The van der Waals surface area contributed by atoms with Crippen molar-refractivity contribution in [3.63, 3.8) is 0 Å². The van der Waals surface area contributed by atoms with E-state index in [1.165, 1.54) is 13.3 Å². The van der Waals surface area contributed by atoms with Crippen LogP contribution >= 0.6 is 0 Å². The van der Waals surface area contributed by atoms with E-state index < -0.39 is 30.9 Å². The van der Waals surface area contributed by atoms with E-state index in [0.717, 1.165) is 6.07 Å². The molecule has 0 fully saturated rings. The predicted octanol–water partition coefficient (Wildman–Crippen LogP) is 2.90. The summed E-state index contributed by atoms with van der Waals surface area (Å²) in [6.07, 6.45) is 1.45. The van der Waals surface area contributed by atoms with Gasteiger partial charge in [-0.05, 0) is 23.8 Å². The second-order valence-electron chi connectivity index (χ2n) is 4.95. The number of alkyl halides is 3. The van der Waals surface area contributed by atoms with Gasteiger partial charge in [-0.15, -0.1) is 0 Å². The van der Waals surface area contributed by atoms with Crippen molar-refractivity contribution in [3.8, 4) is 5.88 Å². The normalized spacial score (nSPS) is 11.8. The molecule has 1 aromatic heterocycles. The van der Waals surface area contributed by atoms with E-state index in [-0.39, 0.29) is 12.2 Å². The third kappa shape index (κ3) is 4.02. The third-order valence-electron chi connectivity index (χ3n) is 3.27. The van der Waals surface area contributed by atoms with Crippen LogP contribution in [0.2, 0.25) is 0 Å². The van der Waals surface area contributed by atoms with Crippen molar-refractivity contribution in [2.75, 3.05) is 12.4 Å². The van der Waals surface area contributed by atoms with E-state index in [4.69, 9.17) is 4.74 Å². The van der Waals surface area contributed by atoms with Gasteiger partial charge in [0.25, 0.3) is 15.5 Å². The molecule has 0 spiro atoms. The Morgan fingerprint density at radius 1 is 1.27 bits per heavy atom. The van der Waals surface area contributed by atoms with Crippen LogP contribution in [0.5, 0.6) is 5.88 Å². The number of pyridine rings is 1. The lowest BCUT2D eigenvalue weighted by atomic mass is 10.2. The van der Waals surface area contributed by atoms with Crippen LogP contribution < -0.4 is 10.1 Å². The molecule has 1 aromatic carbocycles. The molecule has 1 N–H and O–H groups in total. The minimum Gasteiger partial charge on any atom is -0.481 e. The molecule has 0 bridgehead atoms. The molecule has 12 heteroatoms. The van der Waals surface area contributed by atoms with Gasteiger partial charge in [0.15, 0.2) is 0 Å². The fraction of sp³-hybridized carbons (Fsp3) is 0.214. The first-order valence-corrected chi connectivity index (χ1v) is 8.37. The molecule has 140 valence electrons. The Balaban J connectivity index is 2.33. The highest BCUT2D eigenvalue weighted by molar-refractivity contribution is 7.92. The van der Waals surface area contributed by atoms with Gasteiger partial charge in [-0.3, -0.25) is 10.1 Å². The molecule has 0 aliphatic heterocycles. The van der Waals surface area contributed by atoms with Crippen LogP contribution in [0.4, 0.5) is 24.5 Å². The summed E-state index contributed by atoms with van der Waals surface area (Å²) in [5.41, 5.74) is -5.84. The number of nitrogens with one attached hydrogen (secondary N) is 1. The zero-order valence-electron chi connectivity index (χ0n) is 13.1. The van der Waals surface area contributed by atoms with Gasteiger partial charge in [0.2, 0.25) is 5.88 Å². The Labute approximate surface area is 145 Å². The van der Waals surface area contributed by atoms with Gasteiger partial charge in [0.1, 0.15) is 5.69 Å². The lowest BCUT2D eigenvalue weighted by molar-refractivity contribution is -0.384. The standard InChI is InChI=1S/C14H12F3N3O5S/c1-25-13-6-9(4-5-18-13)8-19-11-3-2-10(7-12(11)20(21)22)26(23,24)14(15,16)17/h2-7,19H,8H2,1H3. The first kappa shape index (κ1) is 19.4. The van der Waals surface area contributed by atoms with Gasteiger partial charge in [-0.25, -0.2) is 13.4 Å². The van der Waals surface area contributed by atoms with Crippen LogP contribution in [0.25, 0.3) is 0 Å². The smallest absolute Gasteiger partial charge is 0.481 e. The van der Waals surface area contributed by atoms with E-state index in [1.54, 1.807) is 12.1 Å². The number of ether oxygens (including phenoxy) is 1. The van der Waals surface area contributed by atoms with Crippen LogP contribution in [-0.2, 0) is 16.4 Å². The van der Waals surface area contributed by atoms with Crippen molar-refractivity contribution in [2.24, 2.45) is 0 Å². The second-order valence-corrected chi connectivity index (χ2v) is 6.89. The van der Waals surface area contributed by atoms with Crippen molar-refractivity contribution in [3.05, 3.63) is 52.2 Å². The summed E-state index contributed by atoms with van der Waals surface area (Å²) in [5, 5.41) is 13.8. The lowest BCUT2D eigenvalue weighted by Crippen LogP contribution is -2.23. The van der Waals surface area contributed by atoms with Crippen LogP contribution in [0.3, 0.4) is 0 Å². The third-order valence-corrected chi connectivity index (χ3v) is 4.76. The molecule has 8 nitrogen and oxygen atoms in total. The van der Waals surface area contributed by atoms with E-state index in [1.807, 2.05) is 0 Å². The number of methoxy groups -OCH3 is 1. The molecule has 26 heavy (non-hydrogen) atoms. The Hall–Kier alpha value is -2.89. The van der Waals surface area contributed by atoms with Crippen LogP contribution in [0, 0.1) is 10.1 Å². The summed E-state index contributed by atoms with van der Waals surface area (Å²) in [5.74, 6) is 0.311. The largest absolute Gasteiger partial charge is 0.501 e. The Bertz CT molecular complexity index is 932. The minimum absolute atomic E-state index is 0.0745. The van der Waals surface area contributed by atoms with Gasteiger partial charge in [0, 0.05) is 24.9 Å². The number of nitrogens with zero attached hydrogens (tertiary/aromatic N) is 2. The quantitative estimate of drug-likeness (QED) is 0.595. The SMILES string of the molecule is COc1cc(CNc2ccc(S(=O)(=O)C(F)(F)F)cc2[N+](=O)[O-])ccn1. The summed E-state index contributed by atoms with van der Waals surface area (Å²) in [4.78, 5) is 12.8. The van der Waals surface area contributed by atoms with Crippen molar-refractivity contribution >= 4 is 21.2 Å². The molecule has 1 heterocycles. The molecule has 0 atom stereocenters. The van der Waals surface area contributed by atoms with E-state index in [9.17, 15) is 31.7 Å². The van der Waals surface area contributed by atoms with Gasteiger partial charge in [-0.2, -0.15) is 13.2 Å². The Morgan fingerprint density at radius 3 is 2.54 bits per heavy atom. The van der Waals surface area contributed by atoms with Crippen LogP contribution in [0.15, 0.2) is 41.4 Å². The van der Waals surface area contributed by atoms with Crippen molar-refractivity contribution in [2.45, 2.75) is 16.9 Å². The van der Waals surface area contributed by atoms with Gasteiger partial charge < -0.3 is 10.1 Å². The summed E-state index contributed by atoms with van der Waals surface area (Å²) in [6.45, 7) is 0.0745. The fourth-order valence-electron chi connectivity index (χ4n) is 1.98. The number of nitro groups is 1. The number of benzene rings is 1. The van der Waals surface area contributed by atoms with Crippen LogP contribution in [-0.4, -0.2) is 30.9 Å². The molecule has 0 amide bonds. The van der Waals surface area contributed by atoms with E-state index in [2.05, 4.69) is 10.3 Å². The number of hydrogen-bond donors (Lipinski definition) is 1. The van der Waals surface area contributed by atoms with Crippen LogP contribution in [0.1, 0.15) is 5.56 Å². The topological polar surface area (TPSA) is 111 Å². The zero-order valence-corrected chi connectivity index (χ0v) is 14.0. The maximum absolute atomic E-state index is 12.6. The number of aromatic nitrogens is 1. The second kappa shape index (κ2) is 7.15. The fourth-order valence-corrected chi connectivity index (χ4v) is 2.76. The molecule has 0 saturated carbocycles. The number of nitro benzene ring substituents is 1. The molecular weight excluding hydrogens is 379 g/mol. The molecule has 2 rings (SSSR count). The number of rotatable bonds is 6. The summed E-state index contributed by atoms with van der Waals surface area (Å²) >= 11 is 0. The number of hydrogen-bond acceptors (Lipinski definition) is 7. The van der Waals surface area contributed by atoms with Crippen molar-refractivity contribution in [1.82, 2.24) is 4.98 Å². The van der Waals surface area contributed by atoms with E-state index >= 15 is 0 Å². The summed E-state index contributed by atoms with van der Waals surface area (Å²) < 4.78 is 65.5. The maximum atomic E-state index is 12.6. The molecule has 2 aromatic rings. The maximum Gasteiger partial charge on any atom is 0.501 e. The zero-order chi connectivity index (χ0) is 19.5.